The summed E-state index contributed by atoms with van der Waals surface area (Å²) >= 11 is 0. The van der Waals surface area contributed by atoms with Gasteiger partial charge in [-0.2, -0.15) is 0 Å². The summed E-state index contributed by atoms with van der Waals surface area (Å²) in [5.74, 6) is 0.405. The van der Waals surface area contributed by atoms with E-state index in [1.54, 1.807) is 6.26 Å². The number of nitrogens with one attached hydrogen (secondary N) is 1. The molecule has 10 heavy (non-hydrogen) atoms. The zero-order valence-corrected chi connectivity index (χ0v) is 7.62. The normalized spacial score (nSPS) is 28.0. The van der Waals surface area contributed by atoms with Crippen LogP contribution in [0.25, 0.3) is 0 Å². The van der Waals surface area contributed by atoms with Gasteiger partial charge in [0.15, 0.2) is 0 Å². The van der Waals surface area contributed by atoms with Gasteiger partial charge >= 0.3 is 0 Å². The zero-order chi connectivity index (χ0) is 7.99. The minimum Gasteiger partial charge on any atom is -0.253 e. The maximum atomic E-state index is 11.4. The molecule has 0 aromatic rings. The minimum atomic E-state index is -2.29. The summed E-state index contributed by atoms with van der Waals surface area (Å²) in [5, 5.41) is 0. The van der Waals surface area contributed by atoms with Crippen LogP contribution in [0.15, 0.2) is 0 Å². The number of hydrogen-bond acceptors (Lipinski definition) is 2. The van der Waals surface area contributed by atoms with Crippen molar-refractivity contribution in [3.05, 3.63) is 0 Å². The van der Waals surface area contributed by atoms with E-state index in [2.05, 4.69) is 13.8 Å². The van der Waals surface area contributed by atoms with Crippen LogP contribution < -0.4 is 0 Å². The van der Waals surface area contributed by atoms with Crippen molar-refractivity contribution in [3.8, 4) is 0 Å². The molecule has 0 heterocycles. The van der Waals surface area contributed by atoms with Crippen LogP contribution in [-0.2, 0) is 9.73 Å². The molecule has 0 bridgehead atoms. The molecule has 1 unspecified atom stereocenters. The molecule has 0 aliphatic heterocycles. The zero-order valence-electron chi connectivity index (χ0n) is 6.81. The maximum Gasteiger partial charge on any atom is 0.0560 e. The summed E-state index contributed by atoms with van der Waals surface area (Å²) < 4.78 is 18.7. The van der Waals surface area contributed by atoms with Crippen molar-refractivity contribution in [1.29, 1.82) is 4.78 Å². The Morgan fingerprint density at radius 1 is 1.50 bits per heavy atom. The Morgan fingerprint density at radius 2 is 1.90 bits per heavy atom. The standard InChI is InChI=1S/C7H15NOS/c1-6(2)7(4-5-7)10(3,8)9/h6,8H,4-5H2,1-3H3. The van der Waals surface area contributed by atoms with Gasteiger partial charge < -0.3 is 0 Å². The molecule has 0 saturated heterocycles. The Balaban J connectivity index is 2.91. The summed E-state index contributed by atoms with van der Waals surface area (Å²) in [7, 11) is -2.29. The fourth-order valence-corrected chi connectivity index (χ4v) is 3.32. The van der Waals surface area contributed by atoms with Crippen molar-refractivity contribution in [2.75, 3.05) is 6.26 Å². The molecule has 0 radical (unpaired) electrons. The van der Waals surface area contributed by atoms with E-state index in [-0.39, 0.29) is 4.75 Å². The van der Waals surface area contributed by atoms with Crippen LogP contribution in [0.2, 0.25) is 0 Å². The molecule has 1 atom stereocenters. The molecule has 1 fully saturated rings. The summed E-state index contributed by atoms with van der Waals surface area (Å²) in [6.45, 7) is 4.12. The minimum absolute atomic E-state index is 0.118. The molecule has 0 aromatic carbocycles. The second-order valence-electron chi connectivity index (χ2n) is 3.56. The lowest BCUT2D eigenvalue weighted by atomic mass is 10.1. The van der Waals surface area contributed by atoms with Gasteiger partial charge in [0.05, 0.1) is 4.75 Å². The second kappa shape index (κ2) is 1.97. The van der Waals surface area contributed by atoms with Gasteiger partial charge in [-0.15, -0.1) is 0 Å². The van der Waals surface area contributed by atoms with Crippen LogP contribution in [0.1, 0.15) is 26.7 Å². The Kier molecular flexibility index (Phi) is 1.59. The molecule has 0 spiro atoms. The van der Waals surface area contributed by atoms with E-state index in [9.17, 15) is 4.21 Å². The third-order valence-electron chi connectivity index (χ3n) is 2.57. The van der Waals surface area contributed by atoms with Gasteiger partial charge in [0.1, 0.15) is 0 Å². The first-order valence-electron chi connectivity index (χ1n) is 3.63. The Bertz CT molecular complexity index is 224. The SMILES string of the molecule is CC(C)C1(S(C)(=N)=O)CC1. The number of rotatable bonds is 2. The number of hydrogen-bond donors (Lipinski definition) is 1. The van der Waals surface area contributed by atoms with Crippen LogP contribution in [0, 0.1) is 10.7 Å². The van der Waals surface area contributed by atoms with E-state index in [0.29, 0.717) is 5.92 Å². The van der Waals surface area contributed by atoms with Gasteiger partial charge in [0.2, 0.25) is 0 Å². The highest BCUT2D eigenvalue weighted by Gasteiger charge is 2.51. The summed E-state index contributed by atoms with van der Waals surface area (Å²) in [4.78, 5) is 0. The predicted molar refractivity (Wildman–Crippen MR) is 43.6 cm³/mol. The van der Waals surface area contributed by atoms with Gasteiger partial charge in [-0.05, 0) is 18.8 Å². The largest absolute Gasteiger partial charge is 0.253 e. The molecular formula is C7H15NOS. The first kappa shape index (κ1) is 8.05. The second-order valence-corrected chi connectivity index (χ2v) is 6.06. The van der Waals surface area contributed by atoms with Gasteiger partial charge in [0, 0.05) is 16.0 Å². The molecule has 1 rings (SSSR count). The third kappa shape index (κ3) is 0.965. The van der Waals surface area contributed by atoms with E-state index < -0.39 is 9.73 Å². The highest BCUT2D eigenvalue weighted by atomic mass is 32.2. The average Bonchev–Trinajstić information content (AvgIpc) is 2.36. The van der Waals surface area contributed by atoms with Crippen LogP contribution in [0.3, 0.4) is 0 Å². The molecule has 60 valence electrons. The van der Waals surface area contributed by atoms with Gasteiger partial charge in [-0.25, -0.2) is 4.21 Å². The molecule has 0 amide bonds. The monoisotopic (exact) mass is 161 g/mol. The van der Waals surface area contributed by atoms with Crippen molar-refractivity contribution in [2.24, 2.45) is 5.92 Å². The first-order chi connectivity index (χ1) is 4.40. The van der Waals surface area contributed by atoms with E-state index in [0.717, 1.165) is 12.8 Å². The van der Waals surface area contributed by atoms with Crippen molar-refractivity contribution < 1.29 is 4.21 Å². The summed E-state index contributed by atoms with van der Waals surface area (Å²) in [6, 6.07) is 0. The van der Waals surface area contributed by atoms with E-state index in [1.807, 2.05) is 0 Å². The average molecular weight is 161 g/mol. The van der Waals surface area contributed by atoms with Crippen molar-refractivity contribution >= 4 is 9.73 Å². The fraction of sp³-hybridized carbons (Fsp3) is 1.00. The summed E-state index contributed by atoms with van der Waals surface area (Å²) in [5.41, 5.74) is 0. The van der Waals surface area contributed by atoms with E-state index in [1.165, 1.54) is 0 Å². The topological polar surface area (TPSA) is 40.9 Å². The fourth-order valence-electron chi connectivity index (χ4n) is 1.54. The molecule has 1 saturated carbocycles. The molecule has 1 aliphatic rings. The Labute approximate surface area is 63.0 Å². The van der Waals surface area contributed by atoms with Crippen LogP contribution >= 0.6 is 0 Å². The molecule has 1 aliphatic carbocycles. The van der Waals surface area contributed by atoms with Crippen LogP contribution in [0.5, 0.6) is 0 Å². The Morgan fingerprint density at radius 3 is 1.90 bits per heavy atom. The predicted octanol–water partition coefficient (Wildman–Crippen LogP) is 1.85. The van der Waals surface area contributed by atoms with Gasteiger partial charge in [-0.3, -0.25) is 4.78 Å². The first-order valence-corrected chi connectivity index (χ1v) is 5.60. The lowest BCUT2D eigenvalue weighted by Crippen LogP contribution is -2.26. The molecular weight excluding hydrogens is 146 g/mol. The smallest absolute Gasteiger partial charge is 0.0560 e. The molecule has 3 heteroatoms. The Hall–Kier alpha value is -0.0500. The highest BCUT2D eigenvalue weighted by molar-refractivity contribution is 7.93. The third-order valence-corrected chi connectivity index (χ3v) is 5.00. The van der Waals surface area contributed by atoms with Crippen molar-refractivity contribution in [2.45, 2.75) is 31.4 Å². The van der Waals surface area contributed by atoms with Gasteiger partial charge in [0.25, 0.3) is 0 Å². The highest BCUT2D eigenvalue weighted by Crippen LogP contribution is 2.49. The van der Waals surface area contributed by atoms with E-state index >= 15 is 0 Å². The van der Waals surface area contributed by atoms with Crippen molar-refractivity contribution in [1.82, 2.24) is 0 Å². The van der Waals surface area contributed by atoms with Crippen molar-refractivity contribution in [3.63, 3.8) is 0 Å². The lowest BCUT2D eigenvalue weighted by molar-refractivity contribution is 0.568. The van der Waals surface area contributed by atoms with Crippen LogP contribution in [-0.4, -0.2) is 15.2 Å². The molecule has 1 N–H and O–H groups in total. The quantitative estimate of drug-likeness (QED) is 0.659. The maximum absolute atomic E-state index is 11.4. The van der Waals surface area contributed by atoms with Gasteiger partial charge in [-0.1, -0.05) is 13.8 Å². The summed E-state index contributed by atoms with van der Waals surface area (Å²) in [6.07, 6.45) is 3.55. The van der Waals surface area contributed by atoms with E-state index in [4.69, 9.17) is 4.78 Å². The molecule has 0 aromatic heterocycles. The van der Waals surface area contributed by atoms with Crippen LogP contribution in [0.4, 0.5) is 0 Å². The molecule has 2 nitrogen and oxygen atoms in total. The lowest BCUT2D eigenvalue weighted by Gasteiger charge is -2.19.